The van der Waals surface area contributed by atoms with E-state index in [-0.39, 0.29) is 22.3 Å². The summed E-state index contributed by atoms with van der Waals surface area (Å²) in [5.74, 6) is 0. The van der Waals surface area contributed by atoms with Gasteiger partial charge in [-0.15, -0.1) is 5.23 Å². The van der Waals surface area contributed by atoms with Crippen molar-refractivity contribution in [2.24, 2.45) is 5.10 Å². The van der Waals surface area contributed by atoms with Gasteiger partial charge in [0.1, 0.15) is 5.69 Å². The van der Waals surface area contributed by atoms with Crippen molar-refractivity contribution in [2.75, 3.05) is 15.9 Å². The Balaban J connectivity index is 2.26. The van der Waals surface area contributed by atoms with Gasteiger partial charge >= 0.3 is 0 Å². The van der Waals surface area contributed by atoms with Gasteiger partial charge in [0.05, 0.1) is 11.4 Å². The second-order valence-electron chi connectivity index (χ2n) is 4.42. The topological polar surface area (TPSA) is 117 Å². The Labute approximate surface area is 126 Å². The van der Waals surface area contributed by atoms with Crippen LogP contribution in [0.2, 0.25) is 0 Å². The standard InChI is InChI=1S/C14H14N4O4/c1-10(11-5-3-2-4-6-11)15-16-13-8-7-12(17(19)20)9-14(13)18(21)22/h2-9,16,21-22H,1H3/q-2/b15-10+. The molecule has 22 heavy (non-hydrogen) atoms. The Morgan fingerprint density at radius 3 is 2.36 bits per heavy atom. The molecule has 0 saturated heterocycles. The SMILES string of the molecule is C/C(=N\Nc1ccc(N([O-])[O-])cc1N(O)O)c1ccccc1. The molecule has 0 atom stereocenters. The zero-order valence-corrected chi connectivity index (χ0v) is 11.7. The molecule has 3 N–H and O–H groups in total. The normalized spacial score (nSPS) is 11.2. The predicted molar refractivity (Wildman–Crippen MR) is 84.0 cm³/mol. The summed E-state index contributed by atoms with van der Waals surface area (Å²) in [4.78, 5) is 0. The molecule has 0 aliphatic heterocycles. The van der Waals surface area contributed by atoms with Crippen molar-refractivity contribution in [1.82, 2.24) is 0 Å². The summed E-state index contributed by atoms with van der Waals surface area (Å²) in [5.41, 5.74) is 3.99. The van der Waals surface area contributed by atoms with Crippen molar-refractivity contribution in [3.05, 3.63) is 64.5 Å². The Morgan fingerprint density at radius 2 is 1.77 bits per heavy atom. The van der Waals surface area contributed by atoms with Gasteiger partial charge in [0.2, 0.25) is 0 Å². The van der Waals surface area contributed by atoms with Crippen LogP contribution in [0, 0.1) is 10.4 Å². The van der Waals surface area contributed by atoms with Crippen LogP contribution >= 0.6 is 0 Å². The Kier molecular flexibility index (Phi) is 4.92. The van der Waals surface area contributed by atoms with Crippen LogP contribution in [-0.2, 0) is 0 Å². The van der Waals surface area contributed by atoms with Crippen LogP contribution in [0.25, 0.3) is 0 Å². The average molecular weight is 302 g/mol. The van der Waals surface area contributed by atoms with Crippen LogP contribution in [0.4, 0.5) is 17.1 Å². The number of nitrogens with one attached hydrogen (secondary N) is 1. The molecule has 0 heterocycles. The molecular weight excluding hydrogens is 288 g/mol. The molecule has 8 heteroatoms. The highest BCUT2D eigenvalue weighted by Crippen LogP contribution is 2.29. The molecule has 2 rings (SSSR count). The molecule has 0 aliphatic carbocycles. The monoisotopic (exact) mass is 302 g/mol. The summed E-state index contributed by atoms with van der Waals surface area (Å²) >= 11 is 0. The molecule has 0 saturated carbocycles. The minimum atomic E-state index is -0.630. The number of rotatable bonds is 5. The molecule has 2 aromatic carbocycles. The Bertz CT molecular complexity index is 659. The first-order valence-corrected chi connectivity index (χ1v) is 6.31. The fraction of sp³-hybridized carbons (Fsp3) is 0.0714. The second-order valence-corrected chi connectivity index (χ2v) is 4.42. The molecule has 0 radical (unpaired) electrons. The van der Waals surface area contributed by atoms with Gasteiger partial charge in [-0.1, -0.05) is 30.3 Å². The maximum atomic E-state index is 10.7. The van der Waals surface area contributed by atoms with Crippen LogP contribution < -0.4 is 15.9 Å². The fourth-order valence-electron chi connectivity index (χ4n) is 1.78. The summed E-state index contributed by atoms with van der Waals surface area (Å²) in [6.07, 6.45) is 0. The van der Waals surface area contributed by atoms with E-state index < -0.39 is 5.23 Å². The molecule has 2 aromatic rings. The number of benzene rings is 2. The first-order valence-electron chi connectivity index (χ1n) is 6.31. The molecule has 8 nitrogen and oxygen atoms in total. The van der Waals surface area contributed by atoms with Crippen LogP contribution in [-0.4, -0.2) is 16.1 Å². The first-order chi connectivity index (χ1) is 10.5. The molecule has 0 amide bonds. The minimum absolute atomic E-state index is 0.182. The van der Waals surface area contributed by atoms with E-state index in [9.17, 15) is 20.8 Å². The largest absolute Gasteiger partial charge is 0.769 e. The molecule has 0 spiro atoms. The van der Waals surface area contributed by atoms with Gasteiger partial charge in [-0.05, 0) is 30.7 Å². The van der Waals surface area contributed by atoms with Crippen molar-refractivity contribution in [3.8, 4) is 0 Å². The smallest absolute Gasteiger partial charge is 0.121 e. The van der Waals surface area contributed by atoms with E-state index in [2.05, 4.69) is 10.5 Å². The summed E-state index contributed by atoms with van der Waals surface area (Å²) in [7, 11) is 0. The Morgan fingerprint density at radius 1 is 1.09 bits per heavy atom. The summed E-state index contributed by atoms with van der Waals surface area (Å²) in [5, 5.41) is 43.1. The molecule has 0 fully saturated rings. The van der Waals surface area contributed by atoms with Crippen LogP contribution in [0.1, 0.15) is 12.5 Å². The highest BCUT2D eigenvalue weighted by molar-refractivity contribution is 5.99. The lowest BCUT2D eigenvalue weighted by Crippen LogP contribution is -2.14. The van der Waals surface area contributed by atoms with Gasteiger partial charge in [0.15, 0.2) is 0 Å². The fourth-order valence-corrected chi connectivity index (χ4v) is 1.78. The lowest BCUT2D eigenvalue weighted by molar-refractivity contribution is 0.0295. The summed E-state index contributed by atoms with van der Waals surface area (Å²) < 4.78 is 0. The number of anilines is 3. The van der Waals surface area contributed by atoms with Crippen molar-refractivity contribution < 1.29 is 10.4 Å². The highest BCUT2D eigenvalue weighted by atomic mass is 16.8. The van der Waals surface area contributed by atoms with E-state index in [0.717, 1.165) is 11.6 Å². The molecule has 0 unspecified atom stereocenters. The van der Waals surface area contributed by atoms with E-state index in [0.29, 0.717) is 5.71 Å². The third kappa shape index (κ3) is 3.71. The van der Waals surface area contributed by atoms with Gasteiger partial charge < -0.3 is 15.6 Å². The molecule has 116 valence electrons. The maximum absolute atomic E-state index is 10.7. The minimum Gasteiger partial charge on any atom is -0.769 e. The zero-order chi connectivity index (χ0) is 16.1. The average Bonchev–Trinajstić information content (AvgIpc) is 2.53. The lowest BCUT2D eigenvalue weighted by Gasteiger charge is -2.37. The quantitative estimate of drug-likeness (QED) is 0.574. The van der Waals surface area contributed by atoms with E-state index in [4.69, 9.17) is 0 Å². The number of hydrogen-bond acceptors (Lipinski definition) is 8. The van der Waals surface area contributed by atoms with Crippen LogP contribution in [0.5, 0.6) is 0 Å². The van der Waals surface area contributed by atoms with Crippen LogP contribution in [0.3, 0.4) is 0 Å². The van der Waals surface area contributed by atoms with Gasteiger partial charge in [-0.2, -0.15) is 5.10 Å². The first kappa shape index (κ1) is 15.7. The van der Waals surface area contributed by atoms with Crippen LogP contribution in [0.15, 0.2) is 53.6 Å². The van der Waals surface area contributed by atoms with Crippen molar-refractivity contribution in [2.45, 2.75) is 6.92 Å². The Hall–Kier alpha value is -2.65. The van der Waals surface area contributed by atoms with Gasteiger partial charge in [-0.3, -0.25) is 15.8 Å². The molecular formula is C14H14N4O4-2. The molecule has 0 aliphatic rings. The highest BCUT2D eigenvalue weighted by Gasteiger charge is 2.08. The predicted octanol–water partition coefficient (Wildman–Crippen LogP) is 2.91. The third-order valence-corrected chi connectivity index (χ3v) is 2.94. The lowest BCUT2D eigenvalue weighted by atomic mass is 10.1. The van der Waals surface area contributed by atoms with E-state index in [1.165, 1.54) is 12.1 Å². The maximum Gasteiger partial charge on any atom is 0.121 e. The third-order valence-electron chi connectivity index (χ3n) is 2.94. The van der Waals surface area contributed by atoms with E-state index in [1.807, 2.05) is 30.3 Å². The molecule has 0 bridgehead atoms. The second kappa shape index (κ2) is 6.87. The molecule has 0 aromatic heterocycles. The van der Waals surface area contributed by atoms with Gasteiger partial charge in [0, 0.05) is 5.69 Å². The van der Waals surface area contributed by atoms with E-state index in [1.54, 1.807) is 6.92 Å². The van der Waals surface area contributed by atoms with Crippen molar-refractivity contribution in [1.29, 1.82) is 0 Å². The summed E-state index contributed by atoms with van der Waals surface area (Å²) in [6.45, 7) is 1.78. The van der Waals surface area contributed by atoms with Crippen molar-refractivity contribution in [3.63, 3.8) is 0 Å². The zero-order valence-electron chi connectivity index (χ0n) is 11.7. The number of hydrazone groups is 1. The van der Waals surface area contributed by atoms with E-state index >= 15 is 0 Å². The summed E-state index contributed by atoms with van der Waals surface area (Å²) in [6, 6.07) is 13.0. The van der Waals surface area contributed by atoms with Crippen molar-refractivity contribution >= 4 is 22.8 Å². The van der Waals surface area contributed by atoms with Gasteiger partial charge in [0.25, 0.3) is 0 Å². The number of hydrogen-bond donors (Lipinski definition) is 3. The number of nitrogens with zero attached hydrogens (tertiary/aromatic N) is 3. The van der Waals surface area contributed by atoms with Gasteiger partial charge in [-0.25, -0.2) is 0 Å².